The zero-order valence-corrected chi connectivity index (χ0v) is 21.6. The number of rotatable bonds is 7. The van der Waals surface area contributed by atoms with Crippen molar-refractivity contribution in [3.05, 3.63) is 82.9 Å². The van der Waals surface area contributed by atoms with Gasteiger partial charge in [-0.1, -0.05) is 24.3 Å². The molecular weight excluding hydrogens is 478 g/mol. The molecule has 0 radical (unpaired) electrons. The largest absolute Gasteiger partial charge is 0.384 e. The molecule has 3 heterocycles. The number of nitrogens with zero attached hydrogens (tertiary/aromatic N) is 6. The number of benzene rings is 1. The Hall–Kier alpha value is -4.29. The lowest BCUT2D eigenvalue weighted by atomic mass is 9.79. The maximum atomic E-state index is 13.2. The van der Waals surface area contributed by atoms with E-state index in [2.05, 4.69) is 45.0 Å². The lowest BCUT2D eigenvalue weighted by molar-refractivity contribution is 0.0738. The highest BCUT2D eigenvalue weighted by molar-refractivity contribution is 5.77. The molecule has 1 aromatic carbocycles. The normalized spacial score (nSPS) is 17.7. The summed E-state index contributed by atoms with van der Waals surface area (Å²) in [5.41, 5.74) is 1.59. The van der Waals surface area contributed by atoms with Gasteiger partial charge in [-0.15, -0.1) is 6.58 Å². The highest BCUT2D eigenvalue weighted by Crippen LogP contribution is 2.36. The minimum Gasteiger partial charge on any atom is -0.384 e. The molecule has 3 aromatic heterocycles. The van der Waals surface area contributed by atoms with Gasteiger partial charge in [-0.2, -0.15) is 10.2 Å². The number of aliphatic hydroxyl groups is 1. The fourth-order valence-electron chi connectivity index (χ4n) is 5.01. The summed E-state index contributed by atoms with van der Waals surface area (Å²) in [6.45, 7) is 7.37. The van der Waals surface area contributed by atoms with E-state index in [4.69, 9.17) is 5.26 Å². The quantitative estimate of drug-likeness (QED) is 0.339. The zero-order chi connectivity index (χ0) is 26.9. The van der Waals surface area contributed by atoms with E-state index in [0.29, 0.717) is 34.4 Å². The number of pyridine rings is 1. The number of anilines is 2. The molecule has 2 N–H and O–H groups in total. The Morgan fingerprint density at radius 2 is 1.89 bits per heavy atom. The molecule has 194 valence electrons. The molecule has 0 aliphatic heterocycles. The van der Waals surface area contributed by atoms with Crippen molar-refractivity contribution >= 4 is 22.7 Å². The van der Waals surface area contributed by atoms with Crippen LogP contribution in [-0.2, 0) is 12.1 Å². The van der Waals surface area contributed by atoms with Crippen LogP contribution in [0.15, 0.2) is 66.1 Å². The average molecular weight is 510 g/mol. The number of aromatic nitrogens is 5. The fraction of sp³-hybridized carbons (Fsp3) is 0.345. The molecule has 0 unspecified atom stereocenters. The monoisotopic (exact) mass is 509 g/mol. The molecule has 1 saturated carbocycles. The Bertz CT molecular complexity index is 1560. The van der Waals surface area contributed by atoms with Crippen molar-refractivity contribution in [3.8, 4) is 11.9 Å². The molecule has 1 aliphatic rings. The number of nitrogens with one attached hydrogen (secondary N) is 1. The van der Waals surface area contributed by atoms with E-state index in [0.717, 1.165) is 31.4 Å². The van der Waals surface area contributed by atoms with Crippen LogP contribution in [0.2, 0.25) is 0 Å². The van der Waals surface area contributed by atoms with Gasteiger partial charge in [0, 0.05) is 17.8 Å². The fourth-order valence-corrected chi connectivity index (χ4v) is 5.01. The molecular formula is C29H31N7O2. The van der Waals surface area contributed by atoms with Crippen LogP contribution < -0.4 is 10.9 Å². The van der Waals surface area contributed by atoms with E-state index in [1.807, 2.05) is 12.1 Å². The maximum absolute atomic E-state index is 13.2. The van der Waals surface area contributed by atoms with Crippen LogP contribution in [0.3, 0.4) is 0 Å². The smallest absolute Gasteiger partial charge is 0.278 e. The zero-order valence-electron chi connectivity index (χ0n) is 21.6. The van der Waals surface area contributed by atoms with Crippen LogP contribution in [0.4, 0.5) is 11.6 Å². The number of allylic oxidation sites excluding steroid dienone is 1. The second-order valence-electron chi connectivity index (χ2n) is 10.3. The number of nitriles is 1. The van der Waals surface area contributed by atoms with Gasteiger partial charge in [0.2, 0.25) is 5.95 Å². The van der Waals surface area contributed by atoms with Crippen LogP contribution in [0, 0.1) is 17.2 Å². The highest BCUT2D eigenvalue weighted by atomic mass is 16.3. The summed E-state index contributed by atoms with van der Waals surface area (Å²) in [6, 6.07) is 15.9. The summed E-state index contributed by atoms with van der Waals surface area (Å²) >= 11 is 0. The predicted molar refractivity (Wildman–Crippen MR) is 146 cm³/mol. The lowest BCUT2D eigenvalue weighted by Crippen LogP contribution is -2.23. The van der Waals surface area contributed by atoms with Gasteiger partial charge in [-0.25, -0.2) is 19.3 Å². The van der Waals surface area contributed by atoms with Crippen molar-refractivity contribution in [2.24, 2.45) is 5.92 Å². The van der Waals surface area contributed by atoms with Crippen molar-refractivity contribution in [3.63, 3.8) is 0 Å². The third-order valence-electron chi connectivity index (χ3n) is 7.10. The molecule has 9 heteroatoms. The molecule has 0 atom stereocenters. The Morgan fingerprint density at radius 3 is 2.55 bits per heavy atom. The molecule has 5 rings (SSSR count). The summed E-state index contributed by atoms with van der Waals surface area (Å²) in [6.07, 6.45) is 7.13. The number of fused-ring (bicyclic) bond motifs is 1. The lowest BCUT2D eigenvalue weighted by Gasteiger charge is -2.25. The first-order chi connectivity index (χ1) is 18.3. The Balaban J connectivity index is 1.47. The average Bonchev–Trinajstić information content (AvgIpc) is 3.19. The minimum atomic E-state index is -1.15. The van der Waals surface area contributed by atoms with Gasteiger partial charge >= 0.3 is 0 Å². The summed E-state index contributed by atoms with van der Waals surface area (Å²) in [7, 11) is 0. The maximum Gasteiger partial charge on any atom is 0.278 e. The van der Waals surface area contributed by atoms with Crippen LogP contribution in [0.1, 0.15) is 56.7 Å². The second kappa shape index (κ2) is 10.2. The Labute approximate surface area is 221 Å². The highest BCUT2D eigenvalue weighted by Gasteiger charge is 2.23. The van der Waals surface area contributed by atoms with Crippen molar-refractivity contribution < 1.29 is 5.11 Å². The minimum absolute atomic E-state index is 0.186. The Kier molecular flexibility index (Phi) is 6.83. The summed E-state index contributed by atoms with van der Waals surface area (Å²) < 4.78 is 3.14. The molecule has 0 spiro atoms. The van der Waals surface area contributed by atoms with Crippen molar-refractivity contribution in [1.82, 2.24) is 24.3 Å². The molecule has 4 aromatic rings. The van der Waals surface area contributed by atoms with Gasteiger partial charge in [0.25, 0.3) is 5.56 Å². The SMILES string of the molecule is C=CCn1c(=O)c2cnc(Nc3ccc(C4CCC(C#N)CC4)cc3)nc2n1-c1cccc(C(C)(C)O)n1. The summed E-state index contributed by atoms with van der Waals surface area (Å²) in [5.74, 6) is 1.47. The van der Waals surface area contributed by atoms with Gasteiger partial charge in [0.1, 0.15) is 11.0 Å². The van der Waals surface area contributed by atoms with Crippen molar-refractivity contribution in [1.29, 1.82) is 5.26 Å². The van der Waals surface area contributed by atoms with Gasteiger partial charge in [0.15, 0.2) is 11.5 Å². The number of hydrogen-bond donors (Lipinski definition) is 2. The molecule has 0 saturated heterocycles. The first kappa shape index (κ1) is 25.4. The van der Waals surface area contributed by atoms with Crippen LogP contribution >= 0.6 is 0 Å². The standard InChI is InChI=1S/C29H31N7O2/c1-4-16-35-27(37)23-18-31-28(34-26(23)36(35)25-7-5-6-24(33-25)29(2,3)38)32-22-14-12-21(13-15-22)20-10-8-19(17-30)9-11-20/h4-7,12-15,18-20,38H,1,8-11,16H2,2-3H3,(H,31,32,34). The van der Waals surface area contributed by atoms with Gasteiger partial charge < -0.3 is 10.4 Å². The van der Waals surface area contributed by atoms with E-state index in [9.17, 15) is 9.90 Å². The van der Waals surface area contributed by atoms with Gasteiger partial charge in [-0.3, -0.25) is 4.79 Å². The molecule has 1 fully saturated rings. The first-order valence-electron chi connectivity index (χ1n) is 12.8. The van der Waals surface area contributed by atoms with Crippen LogP contribution in [-0.4, -0.2) is 29.4 Å². The number of hydrogen-bond acceptors (Lipinski definition) is 7. The van der Waals surface area contributed by atoms with E-state index in [-0.39, 0.29) is 18.0 Å². The molecule has 9 nitrogen and oxygen atoms in total. The van der Waals surface area contributed by atoms with E-state index >= 15 is 0 Å². The van der Waals surface area contributed by atoms with E-state index < -0.39 is 5.60 Å². The predicted octanol–water partition coefficient (Wildman–Crippen LogP) is 4.93. The topological polar surface area (TPSA) is 122 Å². The molecule has 1 aliphatic carbocycles. The third kappa shape index (κ3) is 4.95. The summed E-state index contributed by atoms with van der Waals surface area (Å²) in [4.78, 5) is 26.9. The molecule has 0 bridgehead atoms. The molecule has 38 heavy (non-hydrogen) atoms. The molecule has 0 amide bonds. The van der Waals surface area contributed by atoms with Crippen LogP contribution in [0.25, 0.3) is 16.9 Å². The van der Waals surface area contributed by atoms with E-state index in [1.165, 1.54) is 16.4 Å². The van der Waals surface area contributed by atoms with Crippen molar-refractivity contribution in [2.45, 2.75) is 57.6 Å². The first-order valence-corrected chi connectivity index (χ1v) is 12.8. The third-order valence-corrected chi connectivity index (χ3v) is 7.10. The Morgan fingerprint density at radius 1 is 1.16 bits per heavy atom. The van der Waals surface area contributed by atoms with Crippen molar-refractivity contribution in [2.75, 3.05) is 5.32 Å². The second-order valence-corrected chi connectivity index (χ2v) is 10.3. The van der Waals surface area contributed by atoms with Crippen LogP contribution in [0.5, 0.6) is 0 Å². The van der Waals surface area contributed by atoms with Gasteiger partial charge in [0.05, 0.1) is 18.3 Å². The summed E-state index contributed by atoms with van der Waals surface area (Å²) in [5, 5.41) is 23.2. The van der Waals surface area contributed by atoms with Gasteiger partial charge in [-0.05, 0) is 75.3 Å². The van der Waals surface area contributed by atoms with E-state index in [1.54, 1.807) is 42.8 Å².